The van der Waals surface area contributed by atoms with Crippen LogP contribution in [0, 0.1) is 0 Å². The Morgan fingerprint density at radius 1 is 0.195 bits per heavy atom. The quantitative estimate of drug-likeness (QED) is 0.113. The summed E-state index contributed by atoms with van der Waals surface area (Å²) in [4.78, 5) is 0. The van der Waals surface area contributed by atoms with Gasteiger partial charge in [0.1, 0.15) is 165 Å². The molecule has 0 radical (unpaired) electrons. The molecule has 0 aromatic heterocycles. The maximum atomic E-state index is 11.4. The van der Waals surface area contributed by atoms with Crippen LogP contribution in [-0.2, 0) is 66.3 Å². The lowest BCUT2D eigenvalue weighted by molar-refractivity contribution is -0.396. The number of hydrogen-bond acceptors (Lipinski definition) is 35. The molecule has 15 aliphatic heterocycles. The number of aliphatic hydroxyl groups is 20. The fourth-order valence-corrected chi connectivity index (χ4v) is 10.5. The lowest BCUT2D eigenvalue weighted by Crippen LogP contribution is -2.69. The Hall–Kier alpha value is -1.40. The van der Waals surface area contributed by atoms with E-state index in [4.69, 9.17) is 72.0 Å². The van der Waals surface area contributed by atoms with Crippen LogP contribution in [0.15, 0.2) is 0 Å². The van der Waals surface area contributed by atoms with Crippen LogP contribution in [0.4, 0.5) is 0 Å². The van der Waals surface area contributed by atoms with Gasteiger partial charge in [-0.25, -0.2) is 0 Å². The summed E-state index contributed by atoms with van der Waals surface area (Å²) in [7, 11) is 0. The first-order valence-electron chi connectivity index (χ1n) is 24.7. The van der Waals surface area contributed by atoms with E-state index in [1.165, 1.54) is 0 Å². The van der Waals surface area contributed by atoms with Gasteiger partial charge in [-0.15, -0.1) is 0 Å². The lowest BCUT2D eigenvalue weighted by atomic mass is 9.94. The molecule has 15 fully saturated rings. The van der Waals surface area contributed by atoms with E-state index in [-0.39, 0.29) is 0 Å². The van der Waals surface area contributed by atoms with E-state index in [0.29, 0.717) is 0 Å². The average Bonchev–Trinajstić information content (AvgIpc) is 3.42. The van der Waals surface area contributed by atoms with Crippen LogP contribution < -0.4 is 5.73 Å². The highest BCUT2D eigenvalue weighted by Gasteiger charge is 2.59. The highest BCUT2D eigenvalue weighted by atomic mass is 16.8. The molecule has 0 spiro atoms. The number of ether oxygens (including phenoxy) is 14. The van der Waals surface area contributed by atoms with Gasteiger partial charge < -0.3 is 174 Å². The minimum Gasteiger partial charge on any atom is -0.394 e. The van der Waals surface area contributed by atoms with Gasteiger partial charge in [0.05, 0.1) is 52.3 Å². The van der Waals surface area contributed by atoms with Crippen molar-refractivity contribution in [2.24, 2.45) is 5.73 Å². The molecule has 15 rings (SSSR count). The van der Waals surface area contributed by atoms with Gasteiger partial charge in [-0.05, 0) is 0 Å². The van der Waals surface area contributed by atoms with E-state index in [2.05, 4.69) is 0 Å². The molecule has 14 bridgehead atoms. The lowest BCUT2D eigenvalue weighted by Gasteiger charge is -2.50. The molecule has 35 nitrogen and oxygen atoms in total. The summed E-state index contributed by atoms with van der Waals surface area (Å²) < 4.78 is 80.0. The molecule has 35 heteroatoms. The average molecular weight is 1130 g/mol. The van der Waals surface area contributed by atoms with Crippen molar-refractivity contribution in [3.8, 4) is 0 Å². The molecule has 0 aromatic rings. The number of hydrogen-bond donors (Lipinski definition) is 21. The Morgan fingerprint density at radius 3 is 0.506 bits per heavy atom. The largest absolute Gasteiger partial charge is 0.394 e. The zero-order valence-electron chi connectivity index (χ0n) is 40.4. The number of nitrogens with two attached hydrogens (primary N) is 1. The standard InChI is InChI=1S/C42H71NO34/c43-15-16(51)29-8(1-44)64-36(15)71-30-9(2-45)65-38(23(58)17(30)52)73-32-11(4-47)67-40(25(60)19(32)54)75-34-13(6-49)69-42(27(62)21(34)56)77-35-14(7-50)70-41(28(63)22(35)57)76-33-12(5-48)68-39(26(61)20(33)55)74-31-10(3-46)66-37(72-29)24(59)18(31)53/h8-42,44-63H,1-7,43H2/t8-,9-,10-,11-,12-,13+,14-,15+,16+,17-,18+,19-,20+,21-,22+,23-,24+,25-,26+,27-,28+,29-,30-,31-,32-,33-,34-,35-,36-,37-,38-,39-,40-,41-,42-/m1/s1. The van der Waals surface area contributed by atoms with E-state index >= 15 is 0 Å². The first kappa shape index (κ1) is 61.7. The van der Waals surface area contributed by atoms with E-state index in [1.807, 2.05) is 0 Å². The molecule has 22 N–H and O–H groups in total. The molecule has 0 unspecified atom stereocenters. The van der Waals surface area contributed by atoms with Crippen LogP contribution in [0.3, 0.4) is 0 Å². The van der Waals surface area contributed by atoms with Crippen LogP contribution in [0.5, 0.6) is 0 Å². The highest BCUT2D eigenvalue weighted by Crippen LogP contribution is 2.38. The maximum absolute atomic E-state index is 11.4. The zero-order valence-corrected chi connectivity index (χ0v) is 40.4. The van der Waals surface area contributed by atoms with Gasteiger partial charge in [-0.1, -0.05) is 0 Å². The van der Waals surface area contributed by atoms with Gasteiger partial charge in [-0.3, -0.25) is 0 Å². The third-order valence-electron chi connectivity index (χ3n) is 14.9. The van der Waals surface area contributed by atoms with Crippen molar-refractivity contribution >= 4 is 0 Å². The molecule has 77 heavy (non-hydrogen) atoms. The highest BCUT2D eigenvalue weighted by molar-refractivity contribution is 5.02. The second-order valence-electron chi connectivity index (χ2n) is 19.7. The minimum absolute atomic E-state index is 0.991. The van der Waals surface area contributed by atoms with Gasteiger partial charge >= 0.3 is 0 Å². The Labute approximate surface area is 434 Å². The predicted molar refractivity (Wildman–Crippen MR) is 230 cm³/mol. The first-order chi connectivity index (χ1) is 36.7. The van der Waals surface area contributed by atoms with Crippen LogP contribution in [-0.4, -0.2) is 363 Å². The second-order valence-corrected chi connectivity index (χ2v) is 19.7. The molecule has 0 saturated carbocycles. The molecule has 15 aliphatic rings. The van der Waals surface area contributed by atoms with Crippen molar-refractivity contribution in [2.75, 3.05) is 46.2 Å². The molecular formula is C42H71NO34. The van der Waals surface area contributed by atoms with E-state index in [9.17, 15) is 102 Å². The minimum atomic E-state index is -2.20. The summed E-state index contributed by atoms with van der Waals surface area (Å²) >= 11 is 0. The van der Waals surface area contributed by atoms with Crippen LogP contribution in [0.1, 0.15) is 0 Å². The molecule has 0 amide bonds. The van der Waals surface area contributed by atoms with Gasteiger partial charge in [0.15, 0.2) is 44.0 Å². The first-order valence-corrected chi connectivity index (χ1v) is 24.7. The number of fused-ring (bicyclic) bond motifs is 7. The fourth-order valence-electron chi connectivity index (χ4n) is 10.5. The summed E-state index contributed by atoms with van der Waals surface area (Å²) in [6.45, 7) is -7.17. The van der Waals surface area contributed by atoms with Crippen LogP contribution in [0.25, 0.3) is 0 Å². The molecule has 0 aromatic carbocycles. The molecule has 448 valence electrons. The Balaban J connectivity index is 1.08. The van der Waals surface area contributed by atoms with Crippen LogP contribution >= 0.6 is 0 Å². The summed E-state index contributed by atoms with van der Waals surface area (Å²) in [5, 5.41) is 219. The van der Waals surface area contributed by atoms with E-state index in [1.54, 1.807) is 0 Å². The molecule has 35 atom stereocenters. The Kier molecular flexibility index (Phi) is 20.8. The summed E-state index contributed by atoms with van der Waals surface area (Å²) in [5.74, 6) is 0. The Morgan fingerprint density at radius 2 is 0.338 bits per heavy atom. The van der Waals surface area contributed by atoms with Crippen molar-refractivity contribution in [3.05, 3.63) is 0 Å². The van der Waals surface area contributed by atoms with Gasteiger partial charge in [-0.2, -0.15) is 0 Å². The summed E-state index contributed by atoms with van der Waals surface area (Å²) in [6.07, 6.45) is -66.7. The molecule has 0 aliphatic carbocycles. The second kappa shape index (κ2) is 26.0. The molecular weight excluding hydrogens is 1060 g/mol. The van der Waals surface area contributed by atoms with Gasteiger partial charge in [0, 0.05) is 0 Å². The van der Waals surface area contributed by atoms with Crippen molar-refractivity contribution in [1.29, 1.82) is 0 Å². The van der Waals surface area contributed by atoms with E-state index < -0.39 is 261 Å². The van der Waals surface area contributed by atoms with Crippen molar-refractivity contribution < 1.29 is 168 Å². The predicted octanol–water partition coefficient (Wildman–Crippen LogP) is -15.3. The van der Waals surface area contributed by atoms with Gasteiger partial charge in [0.25, 0.3) is 0 Å². The fraction of sp³-hybridized carbons (Fsp3) is 1.00. The number of rotatable bonds is 7. The maximum Gasteiger partial charge on any atom is 0.187 e. The summed E-state index contributed by atoms with van der Waals surface area (Å²) in [5.41, 5.74) is 6.29. The summed E-state index contributed by atoms with van der Waals surface area (Å²) in [6, 6.07) is -1.71. The zero-order chi connectivity index (χ0) is 56.1. The van der Waals surface area contributed by atoms with Crippen molar-refractivity contribution in [1.82, 2.24) is 0 Å². The van der Waals surface area contributed by atoms with E-state index in [0.717, 1.165) is 0 Å². The normalized spacial score (nSPS) is 55.4. The van der Waals surface area contributed by atoms with Gasteiger partial charge in [0.2, 0.25) is 0 Å². The number of aliphatic hydroxyl groups excluding tert-OH is 20. The van der Waals surface area contributed by atoms with Crippen molar-refractivity contribution in [2.45, 2.75) is 215 Å². The van der Waals surface area contributed by atoms with Crippen LogP contribution in [0.2, 0.25) is 0 Å². The third-order valence-corrected chi connectivity index (χ3v) is 14.9. The SMILES string of the molecule is N[C@@H]1[C@H]2O[C@H]3[C@H](O)[C@@H](O)[C@@H](O[C@H]4[C@H](O)[C@@H](O)[C@@H](O[C@H]5[C@H](O)[C@@H](O)[C@@H](O[C@H]6[C@@H](O)[C@H](O)[C@@H](O[C@H]7[C@@H](O)[C@H](O)[C@@H](O[C@H]8[C@@H](O)[C@H](O)[C@@H](O[C@@H]([C@H]1O)[C@@H](CO)O2)O[C@@H]8CO)O[C@@H]7CO)O[C@@H]6CO)O[C@H]5CO)O[C@@H]4CO)O[C@@H]3CO. The Bertz CT molecular complexity index is 1470. The monoisotopic (exact) mass is 1130 g/mol. The topological polar surface area (TPSA) is 560 Å². The molecule has 15 heterocycles. The smallest absolute Gasteiger partial charge is 0.187 e. The third kappa shape index (κ3) is 12.1. The molecule has 15 saturated heterocycles. The van der Waals surface area contributed by atoms with Crippen molar-refractivity contribution in [3.63, 3.8) is 0 Å².